The van der Waals surface area contributed by atoms with E-state index in [0.717, 1.165) is 61.2 Å². The van der Waals surface area contributed by atoms with Gasteiger partial charge in [-0.1, -0.05) is 30.8 Å². The van der Waals surface area contributed by atoms with E-state index in [9.17, 15) is 0 Å². The van der Waals surface area contributed by atoms with E-state index in [-0.39, 0.29) is 0 Å². The molecule has 0 spiro atoms. The molecule has 0 unspecified atom stereocenters. The number of piperidine rings is 1. The largest absolute Gasteiger partial charge is 0.381 e. The molecule has 40 heavy (non-hydrogen) atoms. The molecule has 6 heteroatoms. The third-order valence-corrected chi connectivity index (χ3v) is 8.95. The van der Waals surface area contributed by atoms with Gasteiger partial charge in [0, 0.05) is 67.7 Å². The van der Waals surface area contributed by atoms with E-state index in [1.54, 1.807) is 0 Å². The number of piperazine rings is 1. The van der Waals surface area contributed by atoms with Crippen LogP contribution < -0.4 is 10.2 Å². The summed E-state index contributed by atoms with van der Waals surface area (Å²) in [5.41, 5.74) is 9.81. The zero-order valence-corrected chi connectivity index (χ0v) is 25.6. The average Bonchev–Trinajstić information content (AvgIpc) is 2.94. The van der Waals surface area contributed by atoms with Gasteiger partial charge in [0.05, 0.1) is 0 Å². The van der Waals surface area contributed by atoms with Gasteiger partial charge in [-0.2, -0.15) is 0 Å². The first-order valence-electron chi connectivity index (χ1n) is 14.7. The Labute approximate surface area is 246 Å². The maximum absolute atomic E-state index is 4.89. The number of hydrogen-bond donors (Lipinski definition) is 2. The van der Waals surface area contributed by atoms with Crippen LogP contribution in [-0.2, 0) is 13.1 Å². The Hall–Kier alpha value is -2.80. The molecule has 2 saturated heterocycles. The van der Waals surface area contributed by atoms with Gasteiger partial charge in [0.2, 0.25) is 0 Å². The van der Waals surface area contributed by atoms with Crippen LogP contribution in [0.15, 0.2) is 60.1 Å². The molecule has 2 fully saturated rings. The molecule has 2 aromatic carbocycles. The predicted molar refractivity (Wildman–Crippen MR) is 171 cm³/mol. The summed E-state index contributed by atoms with van der Waals surface area (Å²) in [6, 6.07) is 16.2. The molecule has 3 aromatic rings. The Balaban J connectivity index is 1.09. The van der Waals surface area contributed by atoms with Gasteiger partial charge in [-0.25, -0.2) is 4.98 Å². The molecule has 0 radical (unpaired) electrons. The van der Waals surface area contributed by atoms with Crippen LogP contribution in [0.1, 0.15) is 51.8 Å². The lowest BCUT2D eigenvalue weighted by atomic mass is 10.0. The van der Waals surface area contributed by atoms with Crippen LogP contribution in [0.4, 0.5) is 5.82 Å². The van der Waals surface area contributed by atoms with Gasteiger partial charge in [0.25, 0.3) is 0 Å². The first-order valence-corrected chi connectivity index (χ1v) is 15.2. The minimum atomic E-state index is 0.705. The minimum Gasteiger partial charge on any atom is -0.381 e. The van der Waals surface area contributed by atoms with Gasteiger partial charge in [-0.15, -0.1) is 12.6 Å². The number of pyridine rings is 1. The Kier molecular flexibility index (Phi) is 9.19. The monoisotopic (exact) mass is 555 g/mol. The van der Waals surface area contributed by atoms with E-state index in [4.69, 9.17) is 4.98 Å². The van der Waals surface area contributed by atoms with Crippen molar-refractivity contribution in [3.05, 3.63) is 94.2 Å². The van der Waals surface area contributed by atoms with Crippen LogP contribution >= 0.6 is 12.6 Å². The van der Waals surface area contributed by atoms with E-state index in [1.807, 2.05) is 6.20 Å². The van der Waals surface area contributed by atoms with E-state index < -0.39 is 0 Å². The standard InChI is InChI=1S/C34H45N5S/c1-24-16-30(20-33(40)17-24)21-35-28(5)31-19-27(4)34(36-22-31)39-14-12-38(13-15-39)32-8-10-37(11-9-32)23-29-7-6-25(2)26(3)18-29/h6-7,16-20,22,32,35,40H,5,8-15,21,23H2,1-4H3. The van der Waals surface area contributed by atoms with E-state index in [0.29, 0.717) is 6.04 Å². The lowest BCUT2D eigenvalue weighted by Gasteiger charge is -2.43. The number of rotatable bonds is 8. The van der Waals surface area contributed by atoms with Gasteiger partial charge in [-0.05, 0) is 105 Å². The zero-order chi connectivity index (χ0) is 28.2. The van der Waals surface area contributed by atoms with Crippen molar-refractivity contribution >= 4 is 24.1 Å². The van der Waals surface area contributed by atoms with Crippen molar-refractivity contribution in [2.24, 2.45) is 0 Å². The molecule has 0 atom stereocenters. The van der Waals surface area contributed by atoms with Crippen molar-refractivity contribution in [2.45, 2.75) is 64.6 Å². The Morgan fingerprint density at radius 3 is 2.30 bits per heavy atom. The van der Waals surface area contributed by atoms with Gasteiger partial charge in [0.15, 0.2) is 0 Å². The third-order valence-electron chi connectivity index (χ3n) is 8.69. The normalized spacial score (nSPS) is 17.3. The van der Waals surface area contributed by atoms with Gasteiger partial charge >= 0.3 is 0 Å². The molecule has 0 aliphatic carbocycles. The van der Waals surface area contributed by atoms with Crippen LogP contribution in [-0.4, -0.2) is 60.1 Å². The summed E-state index contributed by atoms with van der Waals surface area (Å²) in [4.78, 5) is 13.7. The number of nitrogens with one attached hydrogen (secondary N) is 1. The van der Waals surface area contributed by atoms with Gasteiger partial charge in [0.1, 0.15) is 5.82 Å². The molecule has 5 rings (SSSR count). The molecule has 0 saturated carbocycles. The SMILES string of the molecule is C=C(NCc1cc(C)cc(S)c1)c1cnc(N2CCN(C3CCN(Cc4ccc(C)c(C)c4)CC3)CC2)c(C)c1. The molecule has 1 aromatic heterocycles. The van der Waals surface area contributed by atoms with Crippen molar-refractivity contribution in [3.8, 4) is 0 Å². The van der Waals surface area contributed by atoms with Gasteiger partial charge in [-0.3, -0.25) is 9.80 Å². The average molecular weight is 556 g/mol. The minimum absolute atomic E-state index is 0.705. The lowest BCUT2D eigenvalue weighted by Crippen LogP contribution is -2.53. The lowest BCUT2D eigenvalue weighted by molar-refractivity contribution is 0.0997. The Morgan fingerprint density at radius 1 is 0.875 bits per heavy atom. The van der Waals surface area contributed by atoms with Crippen LogP contribution in [0.5, 0.6) is 0 Å². The summed E-state index contributed by atoms with van der Waals surface area (Å²) in [5, 5.41) is 3.47. The number of aryl methyl sites for hydroxylation is 4. The van der Waals surface area contributed by atoms with Crippen molar-refractivity contribution in [1.29, 1.82) is 0 Å². The molecular formula is C34H45N5S. The second-order valence-corrected chi connectivity index (χ2v) is 12.3. The third kappa shape index (κ3) is 7.09. The van der Waals surface area contributed by atoms with Crippen LogP contribution in [0.3, 0.4) is 0 Å². The maximum Gasteiger partial charge on any atom is 0.131 e. The smallest absolute Gasteiger partial charge is 0.131 e. The first-order chi connectivity index (χ1) is 19.2. The Morgan fingerprint density at radius 2 is 1.62 bits per heavy atom. The second-order valence-electron chi connectivity index (χ2n) is 11.8. The topological polar surface area (TPSA) is 34.6 Å². The van der Waals surface area contributed by atoms with E-state index >= 15 is 0 Å². The molecule has 5 nitrogen and oxygen atoms in total. The van der Waals surface area contributed by atoms with Crippen molar-refractivity contribution in [3.63, 3.8) is 0 Å². The molecular weight excluding hydrogens is 510 g/mol. The first kappa shape index (κ1) is 28.7. The number of aromatic nitrogens is 1. The fourth-order valence-corrected chi connectivity index (χ4v) is 6.59. The highest BCUT2D eigenvalue weighted by Crippen LogP contribution is 2.25. The van der Waals surface area contributed by atoms with Crippen LogP contribution in [0, 0.1) is 27.7 Å². The summed E-state index contributed by atoms with van der Waals surface area (Å²) in [6.07, 6.45) is 4.50. The molecule has 2 aliphatic rings. The quantitative estimate of drug-likeness (QED) is 0.326. The van der Waals surface area contributed by atoms with Crippen LogP contribution in [0.25, 0.3) is 5.70 Å². The number of anilines is 1. The molecule has 0 amide bonds. The van der Waals surface area contributed by atoms with Crippen molar-refractivity contribution < 1.29 is 0 Å². The molecule has 2 aliphatic heterocycles. The van der Waals surface area contributed by atoms with Crippen molar-refractivity contribution in [2.75, 3.05) is 44.2 Å². The van der Waals surface area contributed by atoms with E-state index in [2.05, 4.69) is 109 Å². The second kappa shape index (κ2) is 12.8. The summed E-state index contributed by atoms with van der Waals surface area (Å²) in [5.74, 6) is 1.11. The molecule has 212 valence electrons. The number of hydrogen-bond acceptors (Lipinski definition) is 6. The van der Waals surface area contributed by atoms with Gasteiger partial charge < -0.3 is 10.2 Å². The van der Waals surface area contributed by atoms with Crippen LogP contribution in [0.2, 0.25) is 0 Å². The molecule has 1 N–H and O–H groups in total. The summed E-state index contributed by atoms with van der Waals surface area (Å²) in [7, 11) is 0. The number of likely N-dealkylation sites (tertiary alicyclic amines) is 1. The Bertz CT molecular complexity index is 1320. The number of nitrogens with zero attached hydrogens (tertiary/aromatic N) is 4. The summed E-state index contributed by atoms with van der Waals surface area (Å²) in [6.45, 7) is 21.4. The maximum atomic E-state index is 4.89. The summed E-state index contributed by atoms with van der Waals surface area (Å²) < 4.78 is 0. The fraction of sp³-hybridized carbons (Fsp3) is 0.441. The predicted octanol–water partition coefficient (Wildman–Crippen LogP) is 6.15. The molecule has 3 heterocycles. The molecule has 0 bridgehead atoms. The highest BCUT2D eigenvalue weighted by Gasteiger charge is 2.28. The highest BCUT2D eigenvalue weighted by atomic mass is 32.1. The summed E-state index contributed by atoms with van der Waals surface area (Å²) >= 11 is 4.50. The fourth-order valence-electron chi connectivity index (χ4n) is 6.22. The number of benzene rings is 2. The van der Waals surface area contributed by atoms with Crippen molar-refractivity contribution in [1.82, 2.24) is 20.1 Å². The number of thiol groups is 1. The zero-order valence-electron chi connectivity index (χ0n) is 24.7. The van der Waals surface area contributed by atoms with E-state index in [1.165, 1.54) is 59.3 Å². The highest BCUT2D eigenvalue weighted by molar-refractivity contribution is 7.80.